The molecule has 5 heteroatoms. The number of carbonyl (C=O) groups is 2. The molecule has 0 unspecified atom stereocenters. The average Bonchev–Trinajstić information content (AvgIpc) is 2.45. The molecule has 21 heavy (non-hydrogen) atoms. The maximum atomic E-state index is 12.0. The highest BCUT2D eigenvalue weighted by Gasteiger charge is 2.08. The number of aliphatic hydroxyl groups excluding tert-OH is 1. The Morgan fingerprint density at radius 1 is 1.33 bits per heavy atom. The van der Waals surface area contributed by atoms with E-state index in [1.165, 1.54) is 4.90 Å². The lowest BCUT2D eigenvalue weighted by Gasteiger charge is -2.11. The molecule has 0 radical (unpaired) electrons. The van der Waals surface area contributed by atoms with Crippen LogP contribution in [0.2, 0.25) is 0 Å². The summed E-state index contributed by atoms with van der Waals surface area (Å²) in [6.07, 6.45) is 0.276. The zero-order valence-electron chi connectivity index (χ0n) is 12.6. The van der Waals surface area contributed by atoms with E-state index in [9.17, 15) is 9.59 Å². The van der Waals surface area contributed by atoms with Gasteiger partial charge in [-0.05, 0) is 30.7 Å². The molecule has 2 amide bonds. The van der Waals surface area contributed by atoms with Gasteiger partial charge in [-0.2, -0.15) is 0 Å². The highest BCUT2D eigenvalue weighted by Crippen LogP contribution is 2.10. The van der Waals surface area contributed by atoms with Crippen molar-refractivity contribution in [2.24, 2.45) is 0 Å². The van der Waals surface area contributed by atoms with Crippen LogP contribution in [0.25, 0.3) is 0 Å². The minimum Gasteiger partial charge on any atom is -0.384 e. The quantitative estimate of drug-likeness (QED) is 0.795. The molecule has 0 saturated carbocycles. The van der Waals surface area contributed by atoms with E-state index in [1.807, 2.05) is 6.92 Å². The van der Waals surface area contributed by atoms with Crippen molar-refractivity contribution in [2.45, 2.75) is 13.3 Å². The van der Waals surface area contributed by atoms with E-state index in [4.69, 9.17) is 5.11 Å². The van der Waals surface area contributed by atoms with E-state index in [0.29, 0.717) is 12.1 Å². The first-order valence-electron chi connectivity index (χ1n) is 6.64. The fraction of sp³-hybridized carbons (Fsp3) is 0.375. The van der Waals surface area contributed by atoms with Crippen LogP contribution in [0, 0.1) is 18.8 Å². The second-order valence-corrected chi connectivity index (χ2v) is 4.78. The van der Waals surface area contributed by atoms with Crippen LogP contribution in [0.3, 0.4) is 0 Å². The Hall–Kier alpha value is -2.32. The maximum Gasteiger partial charge on any atom is 0.251 e. The van der Waals surface area contributed by atoms with Gasteiger partial charge in [-0.3, -0.25) is 9.59 Å². The van der Waals surface area contributed by atoms with Crippen molar-refractivity contribution in [1.82, 2.24) is 10.2 Å². The van der Waals surface area contributed by atoms with Crippen molar-refractivity contribution in [2.75, 3.05) is 27.2 Å². The third-order valence-corrected chi connectivity index (χ3v) is 2.91. The number of benzene rings is 1. The molecule has 0 aliphatic carbocycles. The number of hydrogen-bond donors (Lipinski definition) is 2. The third kappa shape index (κ3) is 5.28. The number of aliphatic hydroxyl groups is 1. The van der Waals surface area contributed by atoms with Crippen molar-refractivity contribution in [1.29, 1.82) is 0 Å². The van der Waals surface area contributed by atoms with Crippen LogP contribution >= 0.6 is 0 Å². The number of nitrogens with zero attached hydrogens (tertiary/aromatic N) is 1. The zero-order valence-corrected chi connectivity index (χ0v) is 12.6. The van der Waals surface area contributed by atoms with Gasteiger partial charge < -0.3 is 15.3 Å². The van der Waals surface area contributed by atoms with E-state index in [-0.39, 0.29) is 24.8 Å². The summed E-state index contributed by atoms with van der Waals surface area (Å²) in [4.78, 5) is 24.9. The van der Waals surface area contributed by atoms with Gasteiger partial charge in [0.25, 0.3) is 5.91 Å². The Kier molecular flexibility index (Phi) is 6.44. The van der Waals surface area contributed by atoms with Gasteiger partial charge in [0.15, 0.2) is 0 Å². The second-order valence-electron chi connectivity index (χ2n) is 4.78. The molecule has 1 aromatic rings. The molecule has 0 aliphatic rings. The lowest BCUT2D eigenvalue weighted by molar-refractivity contribution is -0.128. The van der Waals surface area contributed by atoms with Gasteiger partial charge in [-0.25, -0.2) is 0 Å². The summed E-state index contributed by atoms with van der Waals surface area (Å²) in [6, 6.07) is 5.17. The Balaban J connectivity index is 2.63. The number of carbonyl (C=O) groups excluding carboxylic acids is 2. The van der Waals surface area contributed by atoms with Gasteiger partial charge >= 0.3 is 0 Å². The standard InChI is InChI=1S/C16H20N2O3/c1-12-11-14(7-6-13(12)5-4-10-19)16(21)17-9-8-15(20)18(2)3/h6-7,11,19H,8-10H2,1-3H3,(H,17,21). The van der Waals surface area contributed by atoms with Crippen molar-refractivity contribution in [3.05, 3.63) is 34.9 Å². The number of amides is 2. The summed E-state index contributed by atoms with van der Waals surface area (Å²) in [5.41, 5.74) is 2.18. The Bertz CT molecular complexity index is 583. The maximum absolute atomic E-state index is 12.0. The van der Waals surface area contributed by atoms with Crippen LogP contribution in [-0.2, 0) is 4.79 Å². The largest absolute Gasteiger partial charge is 0.384 e. The van der Waals surface area contributed by atoms with E-state index < -0.39 is 0 Å². The van der Waals surface area contributed by atoms with Gasteiger partial charge in [0.2, 0.25) is 5.91 Å². The van der Waals surface area contributed by atoms with Crippen LogP contribution in [0.1, 0.15) is 27.9 Å². The summed E-state index contributed by atoms with van der Waals surface area (Å²) in [6.45, 7) is 1.97. The summed E-state index contributed by atoms with van der Waals surface area (Å²) in [5.74, 6) is 5.15. The van der Waals surface area contributed by atoms with Gasteiger partial charge in [0.05, 0.1) is 0 Å². The average molecular weight is 288 g/mol. The van der Waals surface area contributed by atoms with Gasteiger partial charge in [0, 0.05) is 38.2 Å². The first-order chi connectivity index (χ1) is 9.95. The molecule has 112 valence electrons. The van der Waals surface area contributed by atoms with E-state index in [1.54, 1.807) is 32.3 Å². The molecule has 0 aromatic heterocycles. The lowest BCUT2D eigenvalue weighted by Crippen LogP contribution is -2.30. The van der Waals surface area contributed by atoms with E-state index in [0.717, 1.165) is 11.1 Å². The van der Waals surface area contributed by atoms with E-state index >= 15 is 0 Å². The molecule has 0 spiro atoms. The smallest absolute Gasteiger partial charge is 0.251 e. The summed E-state index contributed by atoms with van der Waals surface area (Å²) < 4.78 is 0. The highest BCUT2D eigenvalue weighted by molar-refractivity contribution is 5.94. The molecular formula is C16H20N2O3. The molecule has 2 N–H and O–H groups in total. The van der Waals surface area contributed by atoms with Crippen molar-refractivity contribution in [3.63, 3.8) is 0 Å². The predicted octanol–water partition coefficient (Wildman–Crippen LogP) is 0.547. The normalized spacial score (nSPS) is 9.52. The molecule has 5 nitrogen and oxygen atoms in total. The number of rotatable bonds is 4. The molecule has 0 atom stereocenters. The molecule has 0 bridgehead atoms. The molecule has 0 aliphatic heterocycles. The first-order valence-corrected chi connectivity index (χ1v) is 6.64. The van der Waals surface area contributed by atoms with Gasteiger partial charge in [-0.1, -0.05) is 11.8 Å². The van der Waals surface area contributed by atoms with Crippen LogP contribution < -0.4 is 5.32 Å². The van der Waals surface area contributed by atoms with Crippen LogP contribution in [0.4, 0.5) is 0 Å². The van der Waals surface area contributed by atoms with E-state index in [2.05, 4.69) is 17.2 Å². The van der Waals surface area contributed by atoms with Crippen molar-refractivity contribution in [3.8, 4) is 11.8 Å². The second kappa shape index (κ2) is 8.08. The van der Waals surface area contributed by atoms with Crippen LogP contribution in [0.5, 0.6) is 0 Å². The van der Waals surface area contributed by atoms with Gasteiger partial charge in [-0.15, -0.1) is 0 Å². The number of hydrogen-bond acceptors (Lipinski definition) is 3. The van der Waals surface area contributed by atoms with Gasteiger partial charge in [0.1, 0.15) is 6.61 Å². The third-order valence-electron chi connectivity index (χ3n) is 2.91. The minimum absolute atomic E-state index is 0.0268. The predicted molar refractivity (Wildman–Crippen MR) is 80.8 cm³/mol. The summed E-state index contributed by atoms with van der Waals surface area (Å²) in [5, 5.41) is 11.4. The van der Waals surface area contributed by atoms with Crippen LogP contribution in [-0.4, -0.2) is 49.1 Å². The zero-order chi connectivity index (χ0) is 15.8. The highest BCUT2D eigenvalue weighted by atomic mass is 16.2. The molecular weight excluding hydrogens is 268 g/mol. The fourth-order valence-corrected chi connectivity index (χ4v) is 1.69. The molecule has 1 rings (SSSR count). The number of aryl methyl sites for hydroxylation is 1. The van der Waals surface area contributed by atoms with Crippen LogP contribution in [0.15, 0.2) is 18.2 Å². The Morgan fingerprint density at radius 3 is 2.62 bits per heavy atom. The number of nitrogens with one attached hydrogen (secondary N) is 1. The molecule has 0 saturated heterocycles. The van der Waals surface area contributed by atoms with Crippen molar-refractivity contribution >= 4 is 11.8 Å². The molecule has 0 heterocycles. The Morgan fingerprint density at radius 2 is 2.05 bits per heavy atom. The summed E-state index contributed by atoms with van der Waals surface area (Å²) in [7, 11) is 3.36. The fourth-order valence-electron chi connectivity index (χ4n) is 1.69. The topological polar surface area (TPSA) is 69.6 Å². The molecule has 0 fully saturated rings. The monoisotopic (exact) mass is 288 g/mol. The minimum atomic E-state index is -0.216. The summed E-state index contributed by atoms with van der Waals surface area (Å²) >= 11 is 0. The SMILES string of the molecule is Cc1cc(C(=O)NCCC(=O)N(C)C)ccc1C#CCO. The Labute approximate surface area is 125 Å². The lowest BCUT2D eigenvalue weighted by atomic mass is 10.0. The van der Waals surface area contributed by atoms with Crippen molar-refractivity contribution < 1.29 is 14.7 Å². The first kappa shape index (κ1) is 16.7. The molecule has 1 aromatic carbocycles.